The van der Waals surface area contributed by atoms with Gasteiger partial charge in [-0.15, -0.1) is 0 Å². The van der Waals surface area contributed by atoms with Gasteiger partial charge in [-0.1, -0.05) is 13.3 Å². The van der Waals surface area contributed by atoms with Crippen molar-refractivity contribution in [2.75, 3.05) is 6.54 Å². The summed E-state index contributed by atoms with van der Waals surface area (Å²) in [7, 11) is 0. The van der Waals surface area contributed by atoms with E-state index >= 15 is 0 Å². The molecule has 1 aliphatic carbocycles. The third kappa shape index (κ3) is 0.983. The Morgan fingerprint density at radius 1 is 1.58 bits per heavy atom. The molecule has 1 saturated heterocycles. The molecule has 0 bridgehead atoms. The molecular formula is C8H12N2O2. The minimum Gasteiger partial charge on any atom is -0.329 e. The van der Waals surface area contributed by atoms with Crippen molar-refractivity contribution in [3.63, 3.8) is 0 Å². The van der Waals surface area contributed by atoms with Crippen molar-refractivity contribution in [1.82, 2.24) is 10.2 Å². The Bertz CT molecular complexity index is 223. The molecule has 1 saturated carbocycles. The zero-order valence-electron chi connectivity index (χ0n) is 7.04. The molecule has 0 spiro atoms. The van der Waals surface area contributed by atoms with Crippen LogP contribution in [0.1, 0.15) is 19.8 Å². The summed E-state index contributed by atoms with van der Waals surface area (Å²) in [5.41, 5.74) is 0. The molecule has 12 heavy (non-hydrogen) atoms. The van der Waals surface area contributed by atoms with Crippen LogP contribution in [0, 0.1) is 5.92 Å². The molecule has 1 aliphatic heterocycles. The van der Waals surface area contributed by atoms with E-state index in [1.165, 1.54) is 4.90 Å². The fourth-order valence-corrected chi connectivity index (χ4v) is 1.76. The van der Waals surface area contributed by atoms with Crippen molar-refractivity contribution in [2.45, 2.75) is 25.8 Å². The lowest BCUT2D eigenvalue weighted by molar-refractivity contribution is -0.125. The molecule has 2 unspecified atom stereocenters. The number of imide groups is 1. The molecule has 3 amide bonds. The van der Waals surface area contributed by atoms with Crippen molar-refractivity contribution >= 4 is 11.9 Å². The number of nitrogens with one attached hydrogen (secondary N) is 1. The summed E-state index contributed by atoms with van der Waals surface area (Å²) < 4.78 is 0. The smallest absolute Gasteiger partial charge is 0.324 e. The molecule has 0 aromatic heterocycles. The molecule has 2 rings (SSSR count). The molecule has 1 N–H and O–H groups in total. The van der Waals surface area contributed by atoms with E-state index in [0.717, 1.165) is 12.8 Å². The number of urea groups is 1. The number of rotatable bonds is 2. The Balaban J connectivity index is 2.04. The lowest BCUT2D eigenvalue weighted by Crippen LogP contribution is -2.33. The predicted octanol–water partition coefficient (Wildman–Crippen LogP) is 0.337. The van der Waals surface area contributed by atoms with Crippen LogP contribution in [0.5, 0.6) is 0 Å². The highest BCUT2D eigenvalue weighted by atomic mass is 16.2. The standard InChI is InChI=1S/C8H12N2O2/c1-2-5-3-6(5)10-7(11)4-9-8(10)12/h5-6H,2-4H2,1H3,(H,9,12). The average Bonchev–Trinajstić information content (AvgIpc) is 2.74. The average molecular weight is 168 g/mol. The van der Waals surface area contributed by atoms with Gasteiger partial charge in [0.15, 0.2) is 0 Å². The fraction of sp³-hybridized carbons (Fsp3) is 0.750. The van der Waals surface area contributed by atoms with Gasteiger partial charge in [0.05, 0.1) is 6.54 Å². The van der Waals surface area contributed by atoms with Crippen LogP contribution in [-0.2, 0) is 4.79 Å². The van der Waals surface area contributed by atoms with Crippen LogP contribution >= 0.6 is 0 Å². The minimum absolute atomic E-state index is 0.0686. The molecule has 2 fully saturated rings. The van der Waals surface area contributed by atoms with Gasteiger partial charge in [0, 0.05) is 6.04 Å². The van der Waals surface area contributed by atoms with Crippen LogP contribution in [0.25, 0.3) is 0 Å². The molecule has 66 valence electrons. The second kappa shape index (κ2) is 2.47. The van der Waals surface area contributed by atoms with Crippen LogP contribution < -0.4 is 5.32 Å². The molecule has 0 aromatic carbocycles. The molecular weight excluding hydrogens is 156 g/mol. The zero-order chi connectivity index (χ0) is 8.72. The van der Waals surface area contributed by atoms with Gasteiger partial charge in [0.25, 0.3) is 0 Å². The van der Waals surface area contributed by atoms with E-state index in [-0.39, 0.29) is 24.5 Å². The maximum Gasteiger partial charge on any atom is 0.324 e. The van der Waals surface area contributed by atoms with Crippen LogP contribution in [-0.4, -0.2) is 29.4 Å². The molecule has 2 aliphatic rings. The van der Waals surface area contributed by atoms with E-state index in [2.05, 4.69) is 12.2 Å². The quantitative estimate of drug-likeness (QED) is 0.604. The highest BCUT2D eigenvalue weighted by Gasteiger charge is 2.47. The van der Waals surface area contributed by atoms with E-state index in [1.807, 2.05) is 0 Å². The summed E-state index contributed by atoms with van der Waals surface area (Å²) in [5, 5.41) is 2.52. The number of nitrogens with zero attached hydrogens (tertiary/aromatic N) is 1. The molecule has 4 heteroatoms. The van der Waals surface area contributed by atoms with E-state index in [4.69, 9.17) is 0 Å². The number of hydrogen-bond acceptors (Lipinski definition) is 2. The first-order valence-electron chi connectivity index (χ1n) is 4.34. The normalized spacial score (nSPS) is 33.9. The van der Waals surface area contributed by atoms with E-state index < -0.39 is 0 Å². The van der Waals surface area contributed by atoms with Crippen LogP contribution in [0.15, 0.2) is 0 Å². The van der Waals surface area contributed by atoms with Gasteiger partial charge in [0.2, 0.25) is 5.91 Å². The van der Waals surface area contributed by atoms with Crippen molar-refractivity contribution in [3.05, 3.63) is 0 Å². The predicted molar refractivity (Wildman–Crippen MR) is 42.4 cm³/mol. The summed E-state index contributed by atoms with van der Waals surface area (Å²) >= 11 is 0. The summed E-state index contributed by atoms with van der Waals surface area (Å²) in [6.07, 6.45) is 2.05. The number of amides is 3. The highest BCUT2D eigenvalue weighted by Crippen LogP contribution is 2.38. The molecule has 4 nitrogen and oxygen atoms in total. The first kappa shape index (κ1) is 7.58. The van der Waals surface area contributed by atoms with Crippen molar-refractivity contribution < 1.29 is 9.59 Å². The monoisotopic (exact) mass is 168 g/mol. The maximum absolute atomic E-state index is 11.2. The summed E-state index contributed by atoms with van der Waals surface area (Å²) in [6.45, 7) is 2.27. The largest absolute Gasteiger partial charge is 0.329 e. The number of carbonyl (C=O) groups is 2. The second-order valence-corrected chi connectivity index (χ2v) is 3.39. The first-order valence-corrected chi connectivity index (χ1v) is 4.34. The minimum atomic E-state index is -0.207. The third-order valence-corrected chi connectivity index (χ3v) is 2.62. The van der Waals surface area contributed by atoms with Gasteiger partial charge >= 0.3 is 6.03 Å². The Morgan fingerprint density at radius 3 is 2.75 bits per heavy atom. The van der Waals surface area contributed by atoms with Crippen LogP contribution in [0.4, 0.5) is 4.79 Å². The second-order valence-electron chi connectivity index (χ2n) is 3.39. The Kier molecular flexibility index (Phi) is 1.56. The number of hydrogen-bond donors (Lipinski definition) is 1. The first-order chi connectivity index (χ1) is 5.74. The highest BCUT2D eigenvalue weighted by molar-refractivity contribution is 6.02. The topological polar surface area (TPSA) is 49.4 Å². The summed E-state index contributed by atoms with van der Waals surface area (Å²) in [6, 6.07) is -0.00838. The lowest BCUT2D eigenvalue weighted by atomic mass is 10.3. The molecule has 0 aromatic rings. The van der Waals surface area contributed by atoms with Crippen LogP contribution in [0.2, 0.25) is 0 Å². The SMILES string of the molecule is CCC1CC1N1C(=O)CNC1=O. The Hall–Kier alpha value is -1.06. The van der Waals surface area contributed by atoms with Gasteiger partial charge < -0.3 is 5.32 Å². The third-order valence-electron chi connectivity index (χ3n) is 2.62. The summed E-state index contributed by atoms with van der Waals surface area (Å²) in [4.78, 5) is 23.7. The van der Waals surface area contributed by atoms with Gasteiger partial charge in [-0.25, -0.2) is 4.79 Å². The van der Waals surface area contributed by atoms with E-state index in [0.29, 0.717) is 5.92 Å². The van der Waals surface area contributed by atoms with Crippen LogP contribution in [0.3, 0.4) is 0 Å². The van der Waals surface area contributed by atoms with E-state index in [1.54, 1.807) is 0 Å². The fourth-order valence-electron chi connectivity index (χ4n) is 1.76. The van der Waals surface area contributed by atoms with Crippen molar-refractivity contribution in [1.29, 1.82) is 0 Å². The zero-order valence-corrected chi connectivity index (χ0v) is 7.04. The van der Waals surface area contributed by atoms with Gasteiger partial charge in [-0.05, 0) is 12.3 Å². The van der Waals surface area contributed by atoms with E-state index in [9.17, 15) is 9.59 Å². The molecule has 1 heterocycles. The van der Waals surface area contributed by atoms with Gasteiger partial charge in [0.1, 0.15) is 0 Å². The maximum atomic E-state index is 11.2. The van der Waals surface area contributed by atoms with Gasteiger partial charge in [-0.2, -0.15) is 0 Å². The van der Waals surface area contributed by atoms with Crippen molar-refractivity contribution in [2.24, 2.45) is 5.92 Å². The molecule has 0 radical (unpaired) electrons. The Labute approximate surface area is 70.9 Å². The number of carbonyl (C=O) groups excluding carboxylic acids is 2. The van der Waals surface area contributed by atoms with Crippen molar-refractivity contribution in [3.8, 4) is 0 Å². The van der Waals surface area contributed by atoms with Gasteiger partial charge in [-0.3, -0.25) is 9.69 Å². The Morgan fingerprint density at radius 2 is 2.33 bits per heavy atom. The summed E-state index contributed by atoms with van der Waals surface area (Å²) in [5.74, 6) is 0.485. The molecule has 2 atom stereocenters. The lowest BCUT2D eigenvalue weighted by Gasteiger charge is -2.10.